The number of pyridine rings is 1. The normalized spacial score (nSPS) is 12.4. The van der Waals surface area contributed by atoms with E-state index in [0.717, 1.165) is 10.7 Å². The van der Waals surface area contributed by atoms with E-state index >= 15 is 0 Å². The van der Waals surface area contributed by atoms with E-state index in [1.807, 2.05) is 39.0 Å². The lowest BCUT2D eigenvalue weighted by Gasteiger charge is -2.06. The Labute approximate surface area is 129 Å². The average Bonchev–Trinajstić information content (AvgIpc) is 2.80. The van der Waals surface area contributed by atoms with Crippen molar-refractivity contribution in [3.05, 3.63) is 45.5 Å². The number of hydrogen-bond donors (Lipinski definition) is 0. The number of carbonyl (C=O) groups excluding carboxylic acids is 1. The molecule has 0 aromatic carbocycles. The van der Waals surface area contributed by atoms with E-state index in [-0.39, 0.29) is 11.9 Å². The van der Waals surface area contributed by atoms with Gasteiger partial charge in [0, 0.05) is 18.2 Å². The molecule has 2 aromatic heterocycles. The van der Waals surface area contributed by atoms with E-state index in [9.17, 15) is 4.79 Å². The van der Waals surface area contributed by atoms with Crippen molar-refractivity contribution in [2.75, 3.05) is 0 Å². The zero-order valence-corrected chi connectivity index (χ0v) is 13.9. The number of thiazole rings is 1. The van der Waals surface area contributed by atoms with Gasteiger partial charge in [0.15, 0.2) is 0 Å². The molecule has 0 radical (unpaired) electrons. The summed E-state index contributed by atoms with van der Waals surface area (Å²) in [7, 11) is 0. The van der Waals surface area contributed by atoms with Crippen LogP contribution in [0.3, 0.4) is 0 Å². The molecule has 2 aromatic rings. The molecule has 0 aliphatic carbocycles. The summed E-state index contributed by atoms with van der Waals surface area (Å²) in [6.45, 7) is 10.1. The van der Waals surface area contributed by atoms with Crippen molar-refractivity contribution in [3.8, 4) is 0 Å². The molecule has 5 heteroatoms. The van der Waals surface area contributed by atoms with Gasteiger partial charge in [0.05, 0.1) is 10.7 Å². The molecular weight excluding hydrogens is 282 g/mol. The maximum Gasteiger partial charge on any atom is 0.275 e. The summed E-state index contributed by atoms with van der Waals surface area (Å²) >= 11 is 1.47. The van der Waals surface area contributed by atoms with E-state index in [2.05, 4.69) is 23.8 Å². The second kappa shape index (κ2) is 6.35. The van der Waals surface area contributed by atoms with Crippen LogP contribution in [-0.4, -0.2) is 21.5 Å². The van der Waals surface area contributed by atoms with E-state index in [4.69, 9.17) is 0 Å². The molecule has 4 nitrogen and oxygen atoms in total. The van der Waals surface area contributed by atoms with Gasteiger partial charge in [-0.15, -0.1) is 11.3 Å². The number of nitrogens with zero attached hydrogens (tertiary/aromatic N) is 3. The van der Waals surface area contributed by atoms with Crippen LogP contribution in [0.25, 0.3) is 0 Å². The smallest absolute Gasteiger partial charge is 0.267 e. The van der Waals surface area contributed by atoms with Crippen LogP contribution in [0.5, 0.6) is 0 Å². The molecule has 0 saturated heterocycles. The fraction of sp³-hybridized carbons (Fsp3) is 0.438. The molecule has 0 saturated carbocycles. The van der Waals surface area contributed by atoms with Gasteiger partial charge in [-0.3, -0.25) is 14.4 Å². The predicted octanol–water partition coefficient (Wildman–Crippen LogP) is 3.37. The number of hydrogen-bond acceptors (Lipinski definition) is 4. The van der Waals surface area contributed by atoms with Crippen molar-refractivity contribution in [1.29, 1.82) is 0 Å². The van der Waals surface area contributed by atoms with Crippen LogP contribution in [0, 0.1) is 6.92 Å². The molecule has 0 bridgehead atoms. The van der Waals surface area contributed by atoms with Gasteiger partial charge in [-0.1, -0.05) is 19.9 Å². The van der Waals surface area contributed by atoms with Crippen LogP contribution in [0.4, 0.5) is 0 Å². The standard InChI is InChI=1S/C16H21N3OS/c1-10(2)15-18-12(5)14(21-15)16(20)19-9-7-6-8-13(19)17-11(3)4/h6-11H,1-5H3. The SMILES string of the molecule is Cc1nc(C(C)C)sc1C(=O)n1ccccc1=NC(C)C. The third-order valence-electron chi connectivity index (χ3n) is 2.95. The molecule has 0 atom stereocenters. The quantitative estimate of drug-likeness (QED) is 0.872. The van der Waals surface area contributed by atoms with Crippen LogP contribution in [0.15, 0.2) is 29.4 Å². The van der Waals surface area contributed by atoms with Gasteiger partial charge in [-0.2, -0.15) is 0 Å². The van der Waals surface area contributed by atoms with Crippen molar-refractivity contribution in [1.82, 2.24) is 9.55 Å². The maximum absolute atomic E-state index is 12.8. The van der Waals surface area contributed by atoms with Gasteiger partial charge in [0.2, 0.25) is 0 Å². The van der Waals surface area contributed by atoms with E-state index in [1.54, 1.807) is 10.8 Å². The first-order chi connectivity index (χ1) is 9.90. The van der Waals surface area contributed by atoms with E-state index < -0.39 is 0 Å². The largest absolute Gasteiger partial charge is 0.275 e. The highest BCUT2D eigenvalue weighted by Gasteiger charge is 2.18. The highest BCUT2D eigenvalue weighted by atomic mass is 32.1. The topological polar surface area (TPSA) is 47.2 Å². The molecule has 0 aliphatic rings. The molecule has 2 heterocycles. The summed E-state index contributed by atoms with van der Waals surface area (Å²) < 4.78 is 1.60. The summed E-state index contributed by atoms with van der Waals surface area (Å²) in [6.07, 6.45) is 1.76. The zero-order valence-electron chi connectivity index (χ0n) is 13.1. The first kappa shape index (κ1) is 15.6. The summed E-state index contributed by atoms with van der Waals surface area (Å²) in [5.41, 5.74) is 1.47. The number of carbonyl (C=O) groups is 1. The Bertz CT molecular complexity index is 710. The Morgan fingerprint density at radius 2 is 2.00 bits per heavy atom. The number of rotatable bonds is 3. The van der Waals surface area contributed by atoms with Crippen molar-refractivity contribution >= 4 is 17.2 Å². The van der Waals surface area contributed by atoms with Crippen LogP contribution in [-0.2, 0) is 0 Å². The Balaban J connectivity index is 2.51. The van der Waals surface area contributed by atoms with Crippen molar-refractivity contribution < 1.29 is 4.79 Å². The van der Waals surface area contributed by atoms with Gasteiger partial charge >= 0.3 is 0 Å². The van der Waals surface area contributed by atoms with Crippen molar-refractivity contribution in [2.45, 2.75) is 46.6 Å². The first-order valence-corrected chi connectivity index (χ1v) is 7.95. The lowest BCUT2D eigenvalue weighted by atomic mass is 10.2. The van der Waals surface area contributed by atoms with E-state index in [0.29, 0.717) is 16.3 Å². The Kier molecular flexibility index (Phi) is 4.73. The minimum absolute atomic E-state index is 0.0584. The average molecular weight is 303 g/mol. The maximum atomic E-state index is 12.8. The van der Waals surface area contributed by atoms with Crippen LogP contribution < -0.4 is 5.49 Å². The van der Waals surface area contributed by atoms with Crippen LogP contribution in [0.1, 0.15) is 54.0 Å². The summed E-state index contributed by atoms with van der Waals surface area (Å²) in [5.74, 6) is 0.271. The fourth-order valence-electron chi connectivity index (χ4n) is 1.95. The third-order valence-corrected chi connectivity index (χ3v) is 4.39. The monoisotopic (exact) mass is 303 g/mol. The highest BCUT2D eigenvalue weighted by molar-refractivity contribution is 7.13. The lowest BCUT2D eigenvalue weighted by molar-refractivity contribution is 0.0958. The van der Waals surface area contributed by atoms with Gasteiger partial charge < -0.3 is 0 Å². The summed E-state index contributed by atoms with van der Waals surface area (Å²) in [6, 6.07) is 5.74. The van der Waals surface area contributed by atoms with Gasteiger partial charge in [-0.25, -0.2) is 4.98 Å². The van der Waals surface area contributed by atoms with Crippen LogP contribution >= 0.6 is 11.3 Å². The zero-order chi connectivity index (χ0) is 15.6. The Hall–Kier alpha value is -1.75. The van der Waals surface area contributed by atoms with Gasteiger partial charge in [0.1, 0.15) is 10.4 Å². The number of aryl methyl sites for hydroxylation is 1. The molecule has 0 N–H and O–H groups in total. The fourth-order valence-corrected chi connectivity index (χ4v) is 2.95. The van der Waals surface area contributed by atoms with Crippen molar-refractivity contribution in [2.24, 2.45) is 4.99 Å². The first-order valence-electron chi connectivity index (χ1n) is 7.13. The number of aromatic nitrogens is 2. The van der Waals surface area contributed by atoms with Gasteiger partial charge in [0.25, 0.3) is 5.91 Å². The molecule has 0 amide bonds. The molecule has 0 fully saturated rings. The third kappa shape index (κ3) is 3.47. The molecule has 21 heavy (non-hydrogen) atoms. The van der Waals surface area contributed by atoms with Crippen molar-refractivity contribution in [3.63, 3.8) is 0 Å². The molecule has 0 aliphatic heterocycles. The summed E-state index contributed by atoms with van der Waals surface area (Å²) in [5, 5.41) is 0.995. The lowest BCUT2D eigenvalue weighted by Crippen LogP contribution is -2.28. The predicted molar refractivity (Wildman–Crippen MR) is 85.8 cm³/mol. The molecule has 2 rings (SSSR count). The molecular formula is C16H21N3OS. The van der Waals surface area contributed by atoms with E-state index in [1.165, 1.54) is 11.3 Å². The Morgan fingerprint density at radius 3 is 2.57 bits per heavy atom. The minimum atomic E-state index is -0.0584. The molecule has 0 spiro atoms. The summed E-state index contributed by atoms with van der Waals surface area (Å²) in [4.78, 5) is 22.5. The van der Waals surface area contributed by atoms with Crippen LogP contribution in [0.2, 0.25) is 0 Å². The molecule has 112 valence electrons. The minimum Gasteiger partial charge on any atom is -0.267 e. The second-order valence-corrected chi connectivity index (χ2v) is 6.61. The Morgan fingerprint density at radius 1 is 1.29 bits per heavy atom. The van der Waals surface area contributed by atoms with Gasteiger partial charge in [-0.05, 0) is 32.9 Å². The second-order valence-electron chi connectivity index (χ2n) is 5.58. The molecule has 0 unspecified atom stereocenters. The highest BCUT2D eigenvalue weighted by Crippen LogP contribution is 2.24.